The fraction of sp³-hybridized carbons (Fsp3) is 0.412. The van der Waals surface area contributed by atoms with Crippen LogP contribution in [0.3, 0.4) is 0 Å². The highest BCUT2D eigenvalue weighted by molar-refractivity contribution is 5.27. The smallest absolute Gasteiger partial charge is 0.118 e. The van der Waals surface area contributed by atoms with Gasteiger partial charge in [0.1, 0.15) is 17.3 Å². The van der Waals surface area contributed by atoms with Crippen molar-refractivity contribution in [1.29, 1.82) is 0 Å². The third-order valence-electron chi connectivity index (χ3n) is 3.48. The predicted molar refractivity (Wildman–Crippen MR) is 84.4 cm³/mol. The normalized spacial score (nSPS) is 11.1. The van der Waals surface area contributed by atoms with E-state index in [9.17, 15) is 0 Å². The molecule has 0 radical (unpaired) electrons. The highest BCUT2D eigenvalue weighted by atomic mass is 16.5. The van der Waals surface area contributed by atoms with Crippen LogP contribution in [0.15, 0.2) is 34.7 Å². The fourth-order valence-corrected chi connectivity index (χ4v) is 2.40. The molecule has 1 aromatic carbocycles. The first kappa shape index (κ1) is 15.6. The van der Waals surface area contributed by atoms with Crippen LogP contribution in [-0.4, -0.2) is 26.1 Å². The molecule has 1 heterocycles. The van der Waals surface area contributed by atoms with Gasteiger partial charge in [0.2, 0.25) is 0 Å². The summed E-state index contributed by atoms with van der Waals surface area (Å²) in [5, 5.41) is 3.16. The maximum atomic E-state index is 5.81. The third kappa shape index (κ3) is 4.34. The van der Waals surface area contributed by atoms with Crippen LogP contribution in [0.5, 0.6) is 5.75 Å². The van der Waals surface area contributed by atoms with Crippen LogP contribution in [0.2, 0.25) is 0 Å². The molecule has 0 amide bonds. The zero-order valence-corrected chi connectivity index (χ0v) is 13.3. The summed E-state index contributed by atoms with van der Waals surface area (Å²) in [5.41, 5.74) is 2.49. The van der Waals surface area contributed by atoms with Crippen LogP contribution in [0.1, 0.15) is 22.6 Å². The average Bonchev–Trinajstić information content (AvgIpc) is 2.80. The molecule has 0 aliphatic heterocycles. The van der Waals surface area contributed by atoms with Gasteiger partial charge in [0, 0.05) is 18.7 Å². The van der Waals surface area contributed by atoms with Gasteiger partial charge in [0.25, 0.3) is 0 Å². The summed E-state index contributed by atoms with van der Waals surface area (Å²) in [7, 11) is 5.73. The second kappa shape index (κ2) is 7.29. The lowest BCUT2D eigenvalue weighted by atomic mass is 10.2. The number of hydrogen-bond acceptors (Lipinski definition) is 4. The predicted octanol–water partition coefficient (Wildman–Crippen LogP) is 2.95. The molecule has 0 saturated carbocycles. The standard InChI is InChI=1S/C17H24N2O2/c1-13-15(10-18-2)9-17(21-13)12-19(3)11-14-5-7-16(20-4)8-6-14/h5-9,18H,10-12H2,1-4H3. The van der Waals surface area contributed by atoms with Crippen molar-refractivity contribution in [2.24, 2.45) is 0 Å². The van der Waals surface area contributed by atoms with E-state index in [1.165, 1.54) is 11.1 Å². The quantitative estimate of drug-likeness (QED) is 0.850. The van der Waals surface area contributed by atoms with Crippen LogP contribution in [0.25, 0.3) is 0 Å². The molecule has 4 heteroatoms. The molecule has 4 nitrogen and oxygen atoms in total. The minimum Gasteiger partial charge on any atom is -0.497 e. The monoisotopic (exact) mass is 288 g/mol. The Morgan fingerprint density at radius 2 is 1.90 bits per heavy atom. The summed E-state index contributed by atoms with van der Waals surface area (Å²) in [4.78, 5) is 2.24. The van der Waals surface area contributed by atoms with Crippen molar-refractivity contribution in [3.63, 3.8) is 0 Å². The van der Waals surface area contributed by atoms with Gasteiger partial charge in [-0.2, -0.15) is 0 Å². The van der Waals surface area contributed by atoms with Crippen LogP contribution < -0.4 is 10.1 Å². The maximum Gasteiger partial charge on any atom is 0.118 e. The molecule has 0 bridgehead atoms. The summed E-state index contributed by atoms with van der Waals surface area (Å²) in [6, 6.07) is 10.3. The highest BCUT2D eigenvalue weighted by Gasteiger charge is 2.09. The Bertz CT molecular complexity index is 561. The molecule has 2 rings (SSSR count). The molecule has 0 spiro atoms. The molecule has 1 N–H and O–H groups in total. The Morgan fingerprint density at radius 1 is 1.19 bits per heavy atom. The van der Waals surface area contributed by atoms with E-state index in [4.69, 9.17) is 9.15 Å². The van der Waals surface area contributed by atoms with Gasteiger partial charge in [-0.15, -0.1) is 0 Å². The van der Waals surface area contributed by atoms with Gasteiger partial charge < -0.3 is 14.5 Å². The van der Waals surface area contributed by atoms with E-state index in [1.807, 2.05) is 26.1 Å². The van der Waals surface area contributed by atoms with Crippen molar-refractivity contribution in [2.75, 3.05) is 21.2 Å². The van der Waals surface area contributed by atoms with Crippen molar-refractivity contribution >= 4 is 0 Å². The van der Waals surface area contributed by atoms with E-state index in [0.717, 1.165) is 36.9 Å². The van der Waals surface area contributed by atoms with E-state index in [0.29, 0.717) is 0 Å². The number of furan rings is 1. The van der Waals surface area contributed by atoms with Crippen molar-refractivity contribution in [3.05, 3.63) is 53.0 Å². The number of aryl methyl sites for hydroxylation is 1. The second-order valence-corrected chi connectivity index (χ2v) is 5.34. The van der Waals surface area contributed by atoms with Crippen LogP contribution in [-0.2, 0) is 19.6 Å². The van der Waals surface area contributed by atoms with Crippen LogP contribution in [0.4, 0.5) is 0 Å². The Morgan fingerprint density at radius 3 is 2.52 bits per heavy atom. The number of benzene rings is 1. The lowest BCUT2D eigenvalue weighted by molar-refractivity contribution is 0.285. The third-order valence-corrected chi connectivity index (χ3v) is 3.48. The highest BCUT2D eigenvalue weighted by Crippen LogP contribution is 2.17. The minimum atomic E-state index is 0.802. The van der Waals surface area contributed by atoms with Crippen LogP contribution in [0, 0.1) is 6.92 Å². The molecule has 0 unspecified atom stereocenters. The summed E-state index contributed by atoms with van der Waals surface area (Å²) < 4.78 is 11.0. The van der Waals surface area contributed by atoms with Gasteiger partial charge in [-0.05, 0) is 44.8 Å². The van der Waals surface area contributed by atoms with E-state index in [1.54, 1.807) is 7.11 Å². The summed E-state index contributed by atoms with van der Waals surface area (Å²) in [5.74, 6) is 2.89. The van der Waals surface area contributed by atoms with Crippen molar-refractivity contribution in [2.45, 2.75) is 26.6 Å². The Hall–Kier alpha value is -1.78. The van der Waals surface area contributed by atoms with Gasteiger partial charge >= 0.3 is 0 Å². The molecule has 0 aliphatic rings. The SMILES string of the molecule is CNCc1cc(CN(C)Cc2ccc(OC)cc2)oc1C. The van der Waals surface area contributed by atoms with Gasteiger partial charge in [-0.25, -0.2) is 0 Å². The Labute approximate surface area is 126 Å². The molecular formula is C17H24N2O2. The molecule has 0 atom stereocenters. The van der Waals surface area contributed by atoms with Gasteiger partial charge in [0.15, 0.2) is 0 Å². The van der Waals surface area contributed by atoms with Gasteiger partial charge in [-0.1, -0.05) is 12.1 Å². The molecule has 0 aliphatic carbocycles. The van der Waals surface area contributed by atoms with E-state index in [-0.39, 0.29) is 0 Å². The summed E-state index contributed by atoms with van der Waals surface area (Å²) >= 11 is 0. The van der Waals surface area contributed by atoms with Crippen molar-refractivity contribution < 1.29 is 9.15 Å². The number of hydrogen-bond donors (Lipinski definition) is 1. The molecule has 0 fully saturated rings. The first-order valence-corrected chi connectivity index (χ1v) is 7.16. The zero-order chi connectivity index (χ0) is 15.2. The number of nitrogens with zero attached hydrogens (tertiary/aromatic N) is 1. The molecule has 1 aromatic heterocycles. The van der Waals surface area contributed by atoms with E-state index >= 15 is 0 Å². The minimum absolute atomic E-state index is 0.802. The summed E-state index contributed by atoms with van der Waals surface area (Å²) in [6.07, 6.45) is 0. The maximum absolute atomic E-state index is 5.81. The zero-order valence-electron chi connectivity index (χ0n) is 13.3. The first-order valence-electron chi connectivity index (χ1n) is 7.16. The van der Waals surface area contributed by atoms with E-state index < -0.39 is 0 Å². The summed E-state index contributed by atoms with van der Waals surface area (Å²) in [6.45, 7) is 4.54. The first-order chi connectivity index (χ1) is 10.1. The topological polar surface area (TPSA) is 37.6 Å². The number of methoxy groups -OCH3 is 1. The molecule has 21 heavy (non-hydrogen) atoms. The molecule has 2 aromatic rings. The Balaban J connectivity index is 1.94. The largest absolute Gasteiger partial charge is 0.497 e. The van der Waals surface area contributed by atoms with E-state index in [2.05, 4.69) is 35.5 Å². The number of ether oxygens (including phenoxy) is 1. The molecule has 0 saturated heterocycles. The molecule has 114 valence electrons. The number of nitrogens with one attached hydrogen (secondary N) is 1. The fourth-order valence-electron chi connectivity index (χ4n) is 2.40. The van der Waals surface area contributed by atoms with Gasteiger partial charge in [0.05, 0.1) is 13.7 Å². The van der Waals surface area contributed by atoms with Gasteiger partial charge in [-0.3, -0.25) is 4.90 Å². The van der Waals surface area contributed by atoms with Crippen LogP contribution >= 0.6 is 0 Å². The Kier molecular flexibility index (Phi) is 5.42. The number of rotatable bonds is 7. The molecular weight excluding hydrogens is 264 g/mol. The average molecular weight is 288 g/mol. The van der Waals surface area contributed by atoms with Crippen molar-refractivity contribution in [1.82, 2.24) is 10.2 Å². The lowest BCUT2D eigenvalue weighted by Gasteiger charge is -2.15. The second-order valence-electron chi connectivity index (χ2n) is 5.34. The lowest BCUT2D eigenvalue weighted by Crippen LogP contribution is -2.16. The van der Waals surface area contributed by atoms with Crippen molar-refractivity contribution in [3.8, 4) is 5.75 Å².